The van der Waals surface area contributed by atoms with E-state index in [4.69, 9.17) is 10.5 Å². The Balaban J connectivity index is 2.33. The lowest BCUT2D eigenvalue weighted by Gasteiger charge is -2.25. The number of nitrogens with zero attached hydrogens (tertiary/aromatic N) is 1. The highest BCUT2D eigenvalue weighted by atomic mass is 16.5. The third-order valence-corrected chi connectivity index (χ3v) is 2.96. The van der Waals surface area contributed by atoms with Crippen LogP contribution in [0.25, 0.3) is 0 Å². The molecule has 1 rings (SSSR count). The van der Waals surface area contributed by atoms with Crippen molar-refractivity contribution in [2.24, 2.45) is 11.7 Å². The van der Waals surface area contributed by atoms with E-state index >= 15 is 0 Å². The molecule has 1 saturated heterocycles. The van der Waals surface area contributed by atoms with Crippen LogP contribution in [0.15, 0.2) is 0 Å². The van der Waals surface area contributed by atoms with E-state index in [-0.39, 0.29) is 0 Å². The summed E-state index contributed by atoms with van der Waals surface area (Å²) in [6.45, 7) is 9.47. The maximum absolute atomic E-state index is 5.72. The molecular weight excluding hydrogens is 176 g/mol. The van der Waals surface area contributed by atoms with Gasteiger partial charge >= 0.3 is 0 Å². The predicted molar refractivity (Wildman–Crippen MR) is 59.3 cm³/mol. The molecule has 0 bridgehead atoms. The first-order valence-electron chi connectivity index (χ1n) is 5.80. The fourth-order valence-electron chi connectivity index (χ4n) is 1.98. The van der Waals surface area contributed by atoms with Gasteiger partial charge in [0.05, 0.1) is 6.10 Å². The average molecular weight is 200 g/mol. The molecule has 3 nitrogen and oxygen atoms in total. The molecule has 0 aromatic rings. The van der Waals surface area contributed by atoms with Crippen LogP contribution in [0.5, 0.6) is 0 Å². The summed E-state index contributed by atoms with van der Waals surface area (Å²) in [4.78, 5) is 2.50. The van der Waals surface area contributed by atoms with Gasteiger partial charge < -0.3 is 15.4 Å². The highest BCUT2D eigenvalue weighted by Gasteiger charge is 2.17. The van der Waals surface area contributed by atoms with Crippen molar-refractivity contribution < 1.29 is 4.74 Å². The predicted octanol–water partition coefficient (Wildman–Crippen LogP) is 1.08. The number of rotatable bonds is 4. The Bertz CT molecular complexity index is 148. The molecule has 0 aromatic heterocycles. The molecule has 14 heavy (non-hydrogen) atoms. The monoisotopic (exact) mass is 200 g/mol. The summed E-state index contributed by atoms with van der Waals surface area (Å²) in [5.74, 6) is 0.653. The fraction of sp³-hybridized carbons (Fsp3) is 1.00. The highest BCUT2D eigenvalue weighted by Crippen LogP contribution is 2.09. The molecule has 2 unspecified atom stereocenters. The Kier molecular flexibility index (Phi) is 5.45. The third-order valence-electron chi connectivity index (χ3n) is 2.96. The molecule has 0 amide bonds. The van der Waals surface area contributed by atoms with Gasteiger partial charge in [-0.25, -0.2) is 0 Å². The van der Waals surface area contributed by atoms with Crippen LogP contribution < -0.4 is 5.73 Å². The minimum atomic E-state index is 0.382. The second-order valence-corrected chi connectivity index (χ2v) is 4.30. The van der Waals surface area contributed by atoms with Crippen molar-refractivity contribution in [3.8, 4) is 0 Å². The second-order valence-electron chi connectivity index (χ2n) is 4.30. The smallest absolute Gasteiger partial charge is 0.0673 e. The minimum absolute atomic E-state index is 0.382. The van der Waals surface area contributed by atoms with Crippen molar-refractivity contribution in [3.63, 3.8) is 0 Å². The Hall–Kier alpha value is -0.120. The molecule has 2 N–H and O–H groups in total. The van der Waals surface area contributed by atoms with Crippen LogP contribution in [0.4, 0.5) is 0 Å². The van der Waals surface area contributed by atoms with Crippen molar-refractivity contribution in [2.45, 2.75) is 32.8 Å². The van der Waals surface area contributed by atoms with Gasteiger partial charge in [0.15, 0.2) is 0 Å². The van der Waals surface area contributed by atoms with Crippen LogP contribution in [0.1, 0.15) is 26.7 Å². The Morgan fingerprint density at radius 3 is 3.00 bits per heavy atom. The lowest BCUT2D eigenvalue weighted by Crippen LogP contribution is -2.36. The molecule has 0 spiro atoms. The molecule has 1 aliphatic heterocycles. The summed E-state index contributed by atoms with van der Waals surface area (Å²) in [5, 5.41) is 0. The Labute approximate surface area is 87.6 Å². The normalized spacial score (nSPS) is 27.2. The zero-order valence-corrected chi connectivity index (χ0v) is 9.54. The van der Waals surface area contributed by atoms with Crippen molar-refractivity contribution >= 4 is 0 Å². The van der Waals surface area contributed by atoms with E-state index in [9.17, 15) is 0 Å². The highest BCUT2D eigenvalue weighted by molar-refractivity contribution is 4.70. The maximum Gasteiger partial charge on any atom is 0.0673 e. The van der Waals surface area contributed by atoms with Gasteiger partial charge in [-0.3, -0.25) is 0 Å². The van der Waals surface area contributed by atoms with Gasteiger partial charge in [0.2, 0.25) is 0 Å². The summed E-state index contributed by atoms with van der Waals surface area (Å²) >= 11 is 0. The second kappa shape index (κ2) is 6.38. The van der Waals surface area contributed by atoms with E-state index in [0.29, 0.717) is 12.0 Å². The summed E-state index contributed by atoms with van der Waals surface area (Å²) in [6, 6.07) is 0. The van der Waals surface area contributed by atoms with Gasteiger partial charge in [-0.1, -0.05) is 13.3 Å². The summed E-state index contributed by atoms with van der Waals surface area (Å²) in [7, 11) is 0. The first-order chi connectivity index (χ1) is 6.76. The maximum atomic E-state index is 5.72. The van der Waals surface area contributed by atoms with Crippen molar-refractivity contribution in [3.05, 3.63) is 0 Å². The lowest BCUT2D eigenvalue weighted by molar-refractivity contribution is 0.0656. The van der Waals surface area contributed by atoms with Gasteiger partial charge in [-0.2, -0.15) is 0 Å². The van der Waals surface area contributed by atoms with Crippen molar-refractivity contribution in [1.82, 2.24) is 4.90 Å². The van der Waals surface area contributed by atoms with Crippen LogP contribution in [-0.4, -0.2) is 43.8 Å². The Morgan fingerprint density at radius 2 is 2.36 bits per heavy atom. The van der Waals surface area contributed by atoms with Crippen LogP contribution in [0.3, 0.4) is 0 Å². The molecule has 1 fully saturated rings. The van der Waals surface area contributed by atoms with E-state index in [0.717, 1.165) is 32.7 Å². The molecule has 1 heterocycles. The fourth-order valence-corrected chi connectivity index (χ4v) is 1.98. The van der Waals surface area contributed by atoms with Crippen molar-refractivity contribution in [1.29, 1.82) is 0 Å². The molecule has 84 valence electrons. The Morgan fingerprint density at radius 1 is 1.57 bits per heavy atom. The quantitative estimate of drug-likeness (QED) is 0.738. The zero-order chi connectivity index (χ0) is 10.4. The average Bonchev–Trinajstić information content (AvgIpc) is 2.39. The van der Waals surface area contributed by atoms with E-state index in [2.05, 4.69) is 18.7 Å². The van der Waals surface area contributed by atoms with Crippen LogP contribution >= 0.6 is 0 Å². The van der Waals surface area contributed by atoms with Gasteiger partial charge in [-0.15, -0.1) is 0 Å². The van der Waals surface area contributed by atoms with E-state index < -0.39 is 0 Å². The van der Waals surface area contributed by atoms with Gasteiger partial charge in [0.1, 0.15) is 0 Å². The minimum Gasteiger partial charge on any atom is -0.377 e. The van der Waals surface area contributed by atoms with Crippen LogP contribution in [0, 0.1) is 5.92 Å². The standard InChI is InChI=1S/C11H24N2O/c1-3-11(7-12)9-13-5-4-6-14-10(2)8-13/h10-11H,3-9,12H2,1-2H3. The van der Waals surface area contributed by atoms with Crippen molar-refractivity contribution in [2.75, 3.05) is 32.8 Å². The molecule has 0 radical (unpaired) electrons. The number of nitrogens with two attached hydrogens (primary N) is 1. The van der Waals surface area contributed by atoms with Gasteiger partial charge in [-0.05, 0) is 25.8 Å². The van der Waals surface area contributed by atoms with E-state index in [1.807, 2.05) is 0 Å². The summed E-state index contributed by atoms with van der Waals surface area (Å²) in [5.41, 5.74) is 5.72. The summed E-state index contributed by atoms with van der Waals surface area (Å²) < 4.78 is 5.61. The zero-order valence-electron chi connectivity index (χ0n) is 9.54. The number of hydrogen-bond acceptors (Lipinski definition) is 3. The largest absolute Gasteiger partial charge is 0.377 e. The number of hydrogen-bond donors (Lipinski definition) is 1. The molecule has 0 aliphatic carbocycles. The van der Waals surface area contributed by atoms with E-state index in [1.165, 1.54) is 13.0 Å². The number of ether oxygens (including phenoxy) is 1. The molecule has 2 atom stereocenters. The lowest BCUT2D eigenvalue weighted by atomic mass is 10.1. The third kappa shape index (κ3) is 3.95. The summed E-state index contributed by atoms with van der Waals surface area (Å²) in [6.07, 6.45) is 2.72. The van der Waals surface area contributed by atoms with Crippen LogP contribution in [-0.2, 0) is 4.74 Å². The first-order valence-corrected chi connectivity index (χ1v) is 5.80. The van der Waals surface area contributed by atoms with Gasteiger partial charge in [0, 0.05) is 26.2 Å². The van der Waals surface area contributed by atoms with E-state index in [1.54, 1.807) is 0 Å². The topological polar surface area (TPSA) is 38.5 Å². The molecule has 1 aliphatic rings. The molecule has 0 aromatic carbocycles. The molecular formula is C11H24N2O. The van der Waals surface area contributed by atoms with Gasteiger partial charge in [0.25, 0.3) is 0 Å². The molecule has 3 heteroatoms. The SMILES string of the molecule is CCC(CN)CN1CCCOC(C)C1. The molecule has 0 saturated carbocycles. The first kappa shape index (κ1) is 12.0. The van der Waals surface area contributed by atoms with Crippen LogP contribution in [0.2, 0.25) is 0 Å².